The smallest absolute Gasteiger partial charge is 0.206 e. The van der Waals surface area contributed by atoms with Crippen molar-refractivity contribution >= 4 is 30.8 Å². The second kappa shape index (κ2) is 4.75. The molecule has 2 heterocycles. The first-order chi connectivity index (χ1) is 9.77. The van der Waals surface area contributed by atoms with E-state index in [1.54, 1.807) is 25.1 Å². The molecule has 0 bridgehead atoms. The molecule has 0 aliphatic carbocycles. The Hall–Kier alpha value is -1.52. The lowest BCUT2D eigenvalue weighted by Gasteiger charge is -2.14. The molecule has 1 unspecified atom stereocenters. The predicted octanol–water partition coefficient (Wildman–Crippen LogP) is 4.11. The number of ketones is 1. The first-order valence-corrected chi connectivity index (χ1v) is 10.8. The third-order valence-electron chi connectivity index (χ3n) is 3.60. The number of ether oxygens (including phenoxy) is 1. The van der Waals surface area contributed by atoms with Gasteiger partial charge in [0.05, 0.1) is 16.5 Å². The van der Waals surface area contributed by atoms with Crippen molar-refractivity contribution < 1.29 is 13.9 Å². The summed E-state index contributed by atoms with van der Waals surface area (Å²) < 4.78 is 11.8. The van der Waals surface area contributed by atoms with Gasteiger partial charge in [0.1, 0.15) is 19.6 Å². The number of rotatable bonds is 1. The highest BCUT2D eigenvalue weighted by Crippen LogP contribution is 2.39. The van der Waals surface area contributed by atoms with Crippen LogP contribution in [0.25, 0.3) is 11.3 Å². The lowest BCUT2D eigenvalue weighted by atomic mass is 10.0. The molecule has 0 radical (unpaired) electrons. The van der Waals surface area contributed by atoms with Gasteiger partial charge in [0.15, 0.2) is 6.10 Å². The van der Waals surface area contributed by atoms with Gasteiger partial charge in [-0.2, -0.15) is 0 Å². The third-order valence-corrected chi connectivity index (χ3v) is 5.56. The summed E-state index contributed by atoms with van der Waals surface area (Å²) in [5.74, 6) is 1.17. The number of fused-ring (bicyclic) bond motifs is 3. The van der Waals surface area contributed by atoms with E-state index in [0.717, 1.165) is 10.9 Å². The number of carbonyl (C=O) groups excluding carboxylic acids is 1. The minimum atomic E-state index is -1.64. The van der Waals surface area contributed by atoms with E-state index in [1.165, 1.54) is 0 Å². The van der Waals surface area contributed by atoms with Gasteiger partial charge in [-0.1, -0.05) is 31.2 Å². The standard InChI is InChI=1S/C16H17ClO3Si/c1-9-15(18)12-8-14(21(2,3)4)20-16(12)11-7-10(17)5-6-13(11)19-9/h5-9H,1-4H3. The molecule has 3 rings (SSSR count). The maximum Gasteiger partial charge on any atom is 0.206 e. The van der Waals surface area contributed by atoms with Crippen LogP contribution in [-0.4, -0.2) is 20.0 Å². The SMILES string of the molecule is CC1Oc2ccc(Cl)cc2-c2oc([Si](C)(C)C)cc2C1=O. The number of Topliss-reactive ketones (excluding diaryl/α,β-unsaturated/α-hetero) is 1. The second-order valence-corrected chi connectivity index (χ2v) is 11.8. The molecular formula is C16H17ClO3Si. The fraction of sp³-hybridized carbons (Fsp3) is 0.312. The second-order valence-electron chi connectivity index (χ2n) is 6.37. The largest absolute Gasteiger partial charge is 0.482 e. The van der Waals surface area contributed by atoms with E-state index in [2.05, 4.69) is 19.6 Å². The van der Waals surface area contributed by atoms with Crippen LogP contribution in [0.1, 0.15) is 17.3 Å². The quantitative estimate of drug-likeness (QED) is 0.742. The number of benzene rings is 1. The molecule has 110 valence electrons. The van der Waals surface area contributed by atoms with Crippen LogP contribution in [0.15, 0.2) is 28.7 Å². The fourth-order valence-corrected chi connectivity index (χ4v) is 3.55. The summed E-state index contributed by atoms with van der Waals surface area (Å²) in [5, 5.41) is 1.51. The van der Waals surface area contributed by atoms with Crippen LogP contribution >= 0.6 is 11.6 Å². The molecule has 1 aliphatic rings. The maximum absolute atomic E-state index is 12.5. The molecule has 1 aromatic carbocycles. The summed E-state index contributed by atoms with van der Waals surface area (Å²) in [4.78, 5) is 12.5. The highest BCUT2D eigenvalue weighted by atomic mass is 35.5. The van der Waals surface area contributed by atoms with E-state index >= 15 is 0 Å². The molecule has 2 aromatic rings. The van der Waals surface area contributed by atoms with Crippen LogP contribution in [0.2, 0.25) is 24.7 Å². The summed E-state index contributed by atoms with van der Waals surface area (Å²) in [7, 11) is -1.64. The number of hydrogen-bond acceptors (Lipinski definition) is 3. The molecule has 1 atom stereocenters. The Kier molecular flexibility index (Phi) is 3.26. The van der Waals surface area contributed by atoms with E-state index in [0.29, 0.717) is 22.1 Å². The average molecular weight is 321 g/mol. The summed E-state index contributed by atoms with van der Waals surface area (Å²) in [6.45, 7) is 8.33. The third kappa shape index (κ3) is 2.43. The van der Waals surface area contributed by atoms with Gasteiger partial charge in [0.25, 0.3) is 0 Å². The molecule has 1 aromatic heterocycles. The van der Waals surface area contributed by atoms with Crippen LogP contribution in [0, 0.1) is 0 Å². The van der Waals surface area contributed by atoms with Gasteiger partial charge in [-0.3, -0.25) is 4.79 Å². The Bertz CT molecular complexity index is 728. The highest BCUT2D eigenvalue weighted by Gasteiger charge is 2.33. The van der Waals surface area contributed by atoms with Crippen molar-refractivity contribution in [3.05, 3.63) is 34.9 Å². The van der Waals surface area contributed by atoms with Gasteiger partial charge in [-0.25, -0.2) is 0 Å². The van der Waals surface area contributed by atoms with Crippen molar-refractivity contribution in [2.75, 3.05) is 0 Å². The molecule has 21 heavy (non-hydrogen) atoms. The summed E-state index contributed by atoms with van der Waals surface area (Å²) in [5.41, 5.74) is 1.35. The lowest BCUT2D eigenvalue weighted by molar-refractivity contribution is 0.0824. The number of carbonyl (C=O) groups is 1. The van der Waals surface area contributed by atoms with E-state index in [-0.39, 0.29) is 5.78 Å². The van der Waals surface area contributed by atoms with Gasteiger partial charge < -0.3 is 9.15 Å². The van der Waals surface area contributed by atoms with Crippen LogP contribution in [-0.2, 0) is 0 Å². The van der Waals surface area contributed by atoms with Gasteiger partial charge in [0.2, 0.25) is 5.78 Å². The van der Waals surface area contributed by atoms with Gasteiger partial charge in [-0.15, -0.1) is 0 Å². The van der Waals surface area contributed by atoms with Crippen molar-refractivity contribution in [2.24, 2.45) is 0 Å². The molecule has 0 amide bonds. The van der Waals surface area contributed by atoms with Crippen LogP contribution in [0.3, 0.4) is 0 Å². The molecule has 5 heteroatoms. The minimum Gasteiger partial charge on any atom is -0.482 e. The topological polar surface area (TPSA) is 39.4 Å². The Labute approximate surface area is 129 Å². The van der Waals surface area contributed by atoms with Crippen LogP contribution < -0.4 is 10.1 Å². The lowest BCUT2D eigenvalue weighted by Crippen LogP contribution is -2.36. The van der Waals surface area contributed by atoms with Crippen molar-refractivity contribution in [3.8, 4) is 17.1 Å². The fourth-order valence-electron chi connectivity index (χ4n) is 2.39. The summed E-state index contributed by atoms with van der Waals surface area (Å²) >= 11 is 6.09. The Balaban J connectivity index is 2.29. The minimum absolute atomic E-state index is 0.0504. The summed E-state index contributed by atoms with van der Waals surface area (Å²) in [6, 6.07) is 7.22. The van der Waals surface area contributed by atoms with E-state index in [9.17, 15) is 4.79 Å². The molecule has 1 aliphatic heterocycles. The molecule has 0 fully saturated rings. The average Bonchev–Trinajstić information content (AvgIpc) is 2.81. The molecule has 0 saturated heterocycles. The van der Waals surface area contributed by atoms with Crippen molar-refractivity contribution in [2.45, 2.75) is 32.7 Å². The zero-order chi connectivity index (χ0) is 15.4. The maximum atomic E-state index is 12.5. The molecule has 0 spiro atoms. The number of hydrogen-bond donors (Lipinski definition) is 0. The van der Waals surface area contributed by atoms with E-state index in [1.807, 2.05) is 6.07 Å². The predicted molar refractivity (Wildman–Crippen MR) is 86.6 cm³/mol. The number of halogens is 1. The monoisotopic (exact) mass is 320 g/mol. The van der Waals surface area contributed by atoms with E-state index < -0.39 is 14.2 Å². The Morgan fingerprint density at radius 1 is 1.14 bits per heavy atom. The first-order valence-electron chi connectivity index (χ1n) is 6.92. The first kappa shape index (κ1) is 14.4. The zero-order valence-electron chi connectivity index (χ0n) is 12.5. The van der Waals surface area contributed by atoms with Crippen LogP contribution in [0.4, 0.5) is 0 Å². The van der Waals surface area contributed by atoms with Crippen molar-refractivity contribution in [1.29, 1.82) is 0 Å². The Morgan fingerprint density at radius 2 is 1.86 bits per heavy atom. The molecule has 3 nitrogen and oxygen atoms in total. The van der Waals surface area contributed by atoms with Crippen LogP contribution in [0.5, 0.6) is 5.75 Å². The normalized spacial score (nSPS) is 17.8. The van der Waals surface area contributed by atoms with Crippen molar-refractivity contribution in [1.82, 2.24) is 0 Å². The van der Waals surface area contributed by atoms with Crippen molar-refractivity contribution in [3.63, 3.8) is 0 Å². The zero-order valence-corrected chi connectivity index (χ0v) is 14.2. The van der Waals surface area contributed by atoms with Gasteiger partial charge >= 0.3 is 0 Å². The van der Waals surface area contributed by atoms with Gasteiger partial charge in [-0.05, 0) is 31.2 Å². The van der Waals surface area contributed by atoms with Gasteiger partial charge in [0, 0.05) is 5.02 Å². The highest BCUT2D eigenvalue weighted by molar-refractivity contribution is 6.87. The van der Waals surface area contributed by atoms with E-state index in [4.69, 9.17) is 20.8 Å². The molecule has 0 saturated carbocycles. The summed E-state index contributed by atoms with van der Waals surface area (Å²) in [6.07, 6.45) is -0.529. The molecule has 0 N–H and O–H groups in total. The molecular weight excluding hydrogens is 304 g/mol. The number of furan rings is 1. The Morgan fingerprint density at radius 3 is 2.52 bits per heavy atom.